The second kappa shape index (κ2) is 10.7. The van der Waals surface area contributed by atoms with Crippen molar-refractivity contribution in [2.24, 2.45) is 0 Å². The van der Waals surface area contributed by atoms with Crippen LogP contribution < -0.4 is 10.1 Å². The van der Waals surface area contributed by atoms with Gasteiger partial charge in [0.05, 0.1) is 27.9 Å². The van der Waals surface area contributed by atoms with Gasteiger partial charge in [0, 0.05) is 23.8 Å². The van der Waals surface area contributed by atoms with E-state index < -0.39 is 51.6 Å². The quantitative estimate of drug-likeness (QED) is 0.122. The first-order chi connectivity index (χ1) is 20.2. The number of fused-ring (bicyclic) bond motifs is 1. The third kappa shape index (κ3) is 6.37. The fraction of sp³-hybridized carbons (Fsp3) is 0.0741. The molecule has 0 spiro atoms. The number of nitro benzene ring substituents is 1. The minimum Gasteiger partial charge on any atom is -0.457 e. The van der Waals surface area contributed by atoms with Crippen LogP contribution >= 0.6 is 0 Å². The molecule has 2 heterocycles. The highest BCUT2D eigenvalue weighted by Crippen LogP contribution is 2.35. The van der Waals surface area contributed by atoms with Crippen LogP contribution in [0.25, 0.3) is 16.9 Å². The molecule has 0 aliphatic carbocycles. The van der Waals surface area contributed by atoms with Gasteiger partial charge >= 0.3 is 12.4 Å². The molecule has 220 valence electrons. The molecular formula is C27H14F7N5O4. The second-order valence-corrected chi connectivity index (χ2v) is 8.89. The summed E-state index contributed by atoms with van der Waals surface area (Å²) in [6.45, 7) is 0. The molecule has 3 aromatic carbocycles. The summed E-state index contributed by atoms with van der Waals surface area (Å²) in [4.78, 5) is 27.7. The van der Waals surface area contributed by atoms with Crippen molar-refractivity contribution in [2.75, 3.05) is 5.32 Å². The highest BCUT2D eigenvalue weighted by atomic mass is 19.4. The van der Waals surface area contributed by atoms with Crippen molar-refractivity contribution in [3.8, 4) is 22.8 Å². The lowest BCUT2D eigenvalue weighted by Crippen LogP contribution is -2.16. The summed E-state index contributed by atoms with van der Waals surface area (Å²) in [5, 5.41) is 17.4. The standard InChI is InChI=1S/C27H14F7N5O4/c28-16-6-4-14(5-7-16)21-12-23(27(32,33)34)38-24(36-21)13-22(37-38)25(40)35-17-9-18(39(41)42)11-20(10-17)43-19-3-1-2-15(8-19)26(29,30)31/h1-13H,(H,35,40). The number of ether oxygens (including phenoxy) is 1. The maximum Gasteiger partial charge on any atom is 0.433 e. The average molecular weight is 605 g/mol. The second-order valence-electron chi connectivity index (χ2n) is 8.89. The van der Waals surface area contributed by atoms with Crippen molar-refractivity contribution in [3.63, 3.8) is 0 Å². The van der Waals surface area contributed by atoms with Gasteiger partial charge in [-0.15, -0.1) is 0 Å². The monoisotopic (exact) mass is 605 g/mol. The molecule has 9 nitrogen and oxygen atoms in total. The lowest BCUT2D eigenvalue weighted by atomic mass is 10.1. The van der Waals surface area contributed by atoms with Crippen LogP contribution in [0, 0.1) is 15.9 Å². The molecule has 5 rings (SSSR count). The van der Waals surface area contributed by atoms with Crippen LogP contribution in [0.15, 0.2) is 78.9 Å². The normalized spacial score (nSPS) is 11.9. The molecule has 43 heavy (non-hydrogen) atoms. The van der Waals surface area contributed by atoms with Crippen molar-refractivity contribution in [3.05, 3.63) is 112 Å². The molecule has 0 bridgehead atoms. The fourth-order valence-corrected chi connectivity index (χ4v) is 3.94. The zero-order valence-corrected chi connectivity index (χ0v) is 21.1. The van der Waals surface area contributed by atoms with Gasteiger partial charge in [-0.25, -0.2) is 13.9 Å². The number of hydrogen-bond donors (Lipinski definition) is 1. The lowest BCUT2D eigenvalue weighted by molar-refractivity contribution is -0.384. The molecule has 0 saturated heterocycles. The van der Waals surface area contributed by atoms with Crippen LogP contribution in [0.4, 0.5) is 42.1 Å². The van der Waals surface area contributed by atoms with E-state index in [0.29, 0.717) is 16.6 Å². The summed E-state index contributed by atoms with van der Waals surface area (Å²) in [5.74, 6) is -2.33. The summed E-state index contributed by atoms with van der Waals surface area (Å²) in [6.07, 6.45) is -9.62. The Bertz CT molecular complexity index is 1870. The van der Waals surface area contributed by atoms with Gasteiger partial charge in [-0.1, -0.05) is 6.07 Å². The Kier molecular flexibility index (Phi) is 7.21. The summed E-state index contributed by atoms with van der Waals surface area (Å²) < 4.78 is 99.9. The van der Waals surface area contributed by atoms with Crippen LogP contribution in [0.1, 0.15) is 21.7 Å². The zero-order chi connectivity index (χ0) is 31.1. The van der Waals surface area contributed by atoms with Gasteiger partial charge in [0.2, 0.25) is 0 Å². The van der Waals surface area contributed by atoms with Crippen LogP contribution in [0.3, 0.4) is 0 Å². The number of hydrogen-bond acceptors (Lipinski definition) is 6. The molecule has 0 saturated carbocycles. The van der Waals surface area contributed by atoms with E-state index in [4.69, 9.17) is 4.74 Å². The smallest absolute Gasteiger partial charge is 0.433 e. The van der Waals surface area contributed by atoms with E-state index in [1.807, 2.05) is 0 Å². The minimum absolute atomic E-state index is 0.159. The Morgan fingerprint density at radius 3 is 2.26 bits per heavy atom. The Labute approximate surface area is 235 Å². The zero-order valence-electron chi connectivity index (χ0n) is 21.1. The van der Waals surface area contributed by atoms with Crippen LogP contribution in [-0.2, 0) is 12.4 Å². The van der Waals surface area contributed by atoms with E-state index in [2.05, 4.69) is 15.4 Å². The summed E-state index contributed by atoms with van der Waals surface area (Å²) >= 11 is 0. The number of halogens is 7. The molecule has 2 aromatic heterocycles. The molecule has 1 amide bonds. The number of nitrogens with zero attached hydrogens (tertiary/aromatic N) is 4. The first-order valence-corrected chi connectivity index (χ1v) is 11.9. The molecule has 0 unspecified atom stereocenters. The summed E-state index contributed by atoms with van der Waals surface area (Å²) in [7, 11) is 0. The maximum atomic E-state index is 13.9. The van der Waals surface area contributed by atoms with Crippen molar-refractivity contribution >= 4 is 22.9 Å². The molecule has 0 aliphatic heterocycles. The third-order valence-corrected chi connectivity index (χ3v) is 5.85. The SMILES string of the molecule is O=C(Nc1cc(Oc2cccc(C(F)(F)F)c2)cc([N+](=O)[O-])c1)c1cc2nc(-c3ccc(F)cc3)cc(C(F)(F)F)n2n1. The largest absolute Gasteiger partial charge is 0.457 e. The Morgan fingerprint density at radius 2 is 1.60 bits per heavy atom. The van der Waals surface area contributed by atoms with Crippen molar-refractivity contribution in [1.82, 2.24) is 14.6 Å². The summed E-state index contributed by atoms with van der Waals surface area (Å²) in [5.41, 5.74) is -4.16. The van der Waals surface area contributed by atoms with Gasteiger partial charge in [0.25, 0.3) is 11.6 Å². The van der Waals surface area contributed by atoms with Gasteiger partial charge in [0.15, 0.2) is 17.0 Å². The molecule has 1 N–H and O–H groups in total. The number of non-ortho nitro benzene ring substituents is 1. The fourth-order valence-electron chi connectivity index (χ4n) is 3.94. The molecule has 0 atom stereocenters. The highest BCUT2D eigenvalue weighted by molar-refractivity contribution is 6.03. The van der Waals surface area contributed by atoms with E-state index in [-0.39, 0.29) is 34.1 Å². The maximum absolute atomic E-state index is 13.9. The number of amides is 1. The Balaban J connectivity index is 1.48. The molecule has 5 aromatic rings. The number of carbonyl (C=O) groups excluding carboxylic acids is 1. The lowest BCUT2D eigenvalue weighted by Gasteiger charge is -2.11. The van der Waals surface area contributed by atoms with Crippen molar-refractivity contribution < 1.29 is 45.2 Å². The van der Waals surface area contributed by atoms with E-state index in [0.717, 1.165) is 48.5 Å². The number of alkyl halides is 6. The average Bonchev–Trinajstić information content (AvgIpc) is 3.36. The van der Waals surface area contributed by atoms with Gasteiger partial charge in [-0.05, 0) is 48.5 Å². The highest BCUT2D eigenvalue weighted by Gasteiger charge is 2.36. The minimum atomic E-state index is -4.94. The summed E-state index contributed by atoms with van der Waals surface area (Å²) in [6, 6.07) is 12.7. The number of nitro groups is 1. The first kappa shape index (κ1) is 29.0. The van der Waals surface area contributed by atoms with Gasteiger partial charge in [-0.3, -0.25) is 14.9 Å². The van der Waals surface area contributed by atoms with E-state index >= 15 is 0 Å². The number of anilines is 1. The molecule has 0 radical (unpaired) electrons. The van der Waals surface area contributed by atoms with Crippen LogP contribution in [-0.4, -0.2) is 25.4 Å². The number of carbonyl (C=O) groups is 1. The third-order valence-electron chi connectivity index (χ3n) is 5.85. The molecule has 0 fully saturated rings. The number of nitrogens with one attached hydrogen (secondary N) is 1. The number of rotatable bonds is 6. The molecular weight excluding hydrogens is 591 g/mol. The van der Waals surface area contributed by atoms with Gasteiger partial charge < -0.3 is 10.1 Å². The van der Waals surface area contributed by atoms with E-state index in [1.54, 1.807) is 0 Å². The Hall–Kier alpha value is -5.54. The number of benzene rings is 3. The van der Waals surface area contributed by atoms with Gasteiger partial charge in [-0.2, -0.15) is 31.4 Å². The first-order valence-electron chi connectivity index (χ1n) is 11.9. The van der Waals surface area contributed by atoms with Crippen LogP contribution in [0.5, 0.6) is 11.5 Å². The van der Waals surface area contributed by atoms with Crippen molar-refractivity contribution in [2.45, 2.75) is 12.4 Å². The van der Waals surface area contributed by atoms with Crippen molar-refractivity contribution in [1.29, 1.82) is 0 Å². The Morgan fingerprint density at radius 1 is 0.884 bits per heavy atom. The molecule has 0 aliphatic rings. The van der Waals surface area contributed by atoms with Crippen LogP contribution in [0.2, 0.25) is 0 Å². The predicted molar refractivity (Wildman–Crippen MR) is 136 cm³/mol. The molecule has 16 heteroatoms. The predicted octanol–water partition coefficient (Wildman–Crippen LogP) is 7.53. The topological polar surface area (TPSA) is 112 Å². The van der Waals surface area contributed by atoms with E-state index in [1.165, 1.54) is 18.2 Å². The van der Waals surface area contributed by atoms with Gasteiger partial charge in [0.1, 0.15) is 17.3 Å². The van der Waals surface area contributed by atoms with E-state index in [9.17, 15) is 45.6 Å². The number of aromatic nitrogens is 3.